The molecule has 2 aliphatic rings. The van der Waals surface area contributed by atoms with Gasteiger partial charge in [-0.1, -0.05) is 11.6 Å². The molecule has 13 heteroatoms. The number of Topliss-reactive ketones (excluding diaryl/α,β-unsaturated/α-hetero) is 1. The highest BCUT2D eigenvalue weighted by molar-refractivity contribution is 6.38. The largest absolute Gasteiger partial charge is 0.439 e. The molecule has 178 valence electrons. The van der Waals surface area contributed by atoms with Gasteiger partial charge in [0, 0.05) is 24.5 Å². The molecule has 0 bridgehead atoms. The standard InChI is InChI=1S/C20H21ClF2N4O6/c1-24-18(31)15(28)13(6-9-4-5-25-16(9)29)26-17(30)11-7-10(21)2-3-12(11)27-19(32)33-14-8-20(14,22)23/h2-3,7,9,13-14H,4-6,8H2,1H3,(H,24,31)(H,25,29)(H,26,30)(H,27,32). The lowest BCUT2D eigenvalue weighted by atomic mass is 9.95. The number of benzene rings is 1. The molecule has 1 heterocycles. The number of hydrogen-bond acceptors (Lipinski definition) is 6. The number of alkyl halides is 2. The fourth-order valence-electron chi connectivity index (χ4n) is 3.30. The molecule has 1 aromatic carbocycles. The van der Waals surface area contributed by atoms with Crippen molar-refractivity contribution in [1.82, 2.24) is 16.0 Å². The summed E-state index contributed by atoms with van der Waals surface area (Å²) in [5.74, 6) is -6.78. The lowest BCUT2D eigenvalue weighted by Crippen LogP contribution is -2.48. The second-order valence-electron chi connectivity index (χ2n) is 7.66. The molecule has 1 saturated heterocycles. The predicted octanol–water partition coefficient (Wildman–Crippen LogP) is 1.24. The highest BCUT2D eigenvalue weighted by Crippen LogP contribution is 2.44. The molecule has 10 nitrogen and oxygen atoms in total. The predicted molar refractivity (Wildman–Crippen MR) is 111 cm³/mol. The Bertz CT molecular complexity index is 1000. The zero-order chi connectivity index (χ0) is 24.3. The van der Waals surface area contributed by atoms with E-state index in [2.05, 4.69) is 26.0 Å². The van der Waals surface area contributed by atoms with Gasteiger partial charge in [0.2, 0.25) is 11.7 Å². The molecule has 1 saturated carbocycles. The van der Waals surface area contributed by atoms with E-state index in [1.165, 1.54) is 25.2 Å². The Morgan fingerprint density at radius 3 is 2.58 bits per heavy atom. The maximum atomic E-state index is 13.0. The topological polar surface area (TPSA) is 143 Å². The number of ether oxygens (including phenoxy) is 1. The highest BCUT2D eigenvalue weighted by Gasteiger charge is 2.60. The van der Waals surface area contributed by atoms with Crippen LogP contribution in [0.25, 0.3) is 0 Å². The van der Waals surface area contributed by atoms with Crippen LogP contribution >= 0.6 is 11.6 Å². The minimum absolute atomic E-state index is 0.108. The summed E-state index contributed by atoms with van der Waals surface area (Å²) in [4.78, 5) is 61.2. The number of rotatable bonds is 8. The Hall–Kier alpha value is -3.28. The van der Waals surface area contributed by atoms with E-state index in [9.17, 15) is 32.8 Å². The zero-order valence-electron chi connectivity index (χ0n) is 17.4. The first-order valence-electron chi connectivity index (χ1n) is 10.0. The van der Waals surface area contributed by atoms with Gasteiger partial charge >= 0.3 is 6.09 Å². The quantitative estimate of drug-likeness (QED) is 0.407. The van der Waals surface area contributed by atoms with Gasteiger partial charge in [-0.15, -0.1) is 0 Å². The van der Waals surface area contributed by atoms with Crippen LogP contribution in [-0.2, 0) is 19.1 Å². The molecule has 3 rings (SSSR count). The number of halogens is 3. The fraction of sp³-hybridized carbons (Fsp3) is 0.450. The molecule has 33 heavy (non-hydrogen) atoms. The fourth-order valence-corrected chi connectivity index (χ4v) is 3.47. The van der Waals surface area contributed by atoms with Crippen molar-refractivity contribution in [2.75, 3.05) is 18.9 Å². The third kappa shape index (κ3) is 5.95. The van der Waals surface area contributed by atoms with Crippen LogP contribution in [0.2, 0.25) is 5.02 Å². The maximum absolute atomic E-state index is 13.0. The molecule has 0 spiro atoms. The summed E-state index contributed by atoms with van der Waals surface area (Å²) in [6.45, 7) is 0.406. The third-order valence-corrected chi connectivity index (χ3v) is 5.47. The van der Waals surface area contributed by atoms with Crippen molar-refractivity contribution in [3.63, 3.8) is 0 Å². The molecular weight excluding hydrogens is 466 g/mol. The van der Waals surface area contributed by atoms with Crippen molar-refractivity contribution < 1.29 is 37.5 Å². The number of likely N-dealkylation sites (N-methyl/N-ethyl adjacent to an activating group) is 1. The van der Waals surface area contributed by atoms with Crippen LogP contribution < -0.4 is 21.3 Å². The van der Waals surface area contributed by atoms with Crippen molar-refractivity contribution >= 4 is 46.9 Å². The van der Waals surface area contributed by atoms with Gasteiger partial charge in [-0.05, 0) is 31.0 Å². The second-order valence-corrected chi connectivity index (χ2v) is 8.09. The van der Waals surface area contributed by atoms with Gasteiger partial charge in [0.25, 0.3) is 17.7 Å². The van der Waals surface area contributed by atoms with Crippen LogP contribution in [0.15, 0.2) is 18.2 Å². The monoisotopic (exact) mass is 486 g/mol. The minimum atomic E-state index is -3.09. The van der Waals surface area contributed by atoms with Gasteiger partial charge in [-0.3, -0.25) is 24.5 Å². The van der Waals surface area contributed by atoms with Crippen molar-refractivity contribution in [3.8, 4) is 0 Å². The van der Waals surface area contributed by atoms with Crippen LogP contribution in [0.1, 0.15) is 29.6 Å². The number of ketones is 1. The first kappa shape index (κ1) is 24.4. The molecule has 0 radical (unpaired) electrons. The average Bonchev–Trinajstić information content (AvgIpc) is 3.14. The number of amides is 4. The van der Waals surface area contributed by atoms with E-state index >= 15 is 0 Å². The van der Waals surface area contributed by atoms with E-state index in [0.29, 0.717) is 13.0 Å². The Kier molecular flexibility index (Phi) is 7.15. The summed E-state index contributed by atoms with van der Waals surface area (Å²) in [6, 6.07) is 2.44. The Morgan fingerprint density at radius 2 is 2.00 bits per heavy atom. The molecule has 3 atom stereocenters. The molecule has 1 aliphatic heterocycles. The molecule has 4 amide bonds. The number of nitrogens with one attached hydrogen (secondary N) is 4. The summed E-state index contributed by atoms with van der Waals surface area (Å²) in [7, 11) is 1.25. The van der Waals surface area contributed by atoms with E-state index in [1.807, 2.05) is 0 Å². The zero-order valence-corrected chi connectivity index (χ0v) is 18.1. The third-order valence-electron chi connectivity index (χ3n) is 5.24. The van der Waals surface area contributed by atoms with E-state index in [0.717, 1.165) is 0 Å². The van der Waals surface area contributed by atoms with Crippen molar-refractivity contribution in [2.45, 2.75) is 37.3 Å². The lowest BCUT2D eigenvalue weighted by molar-refractivity contribution is -0.139. The van der Waals surface area contributed by atoms with Crippen LogP contribution in [0.5, 0.6) is 0 Å². The van der Waals surface area contributed by atoms with Gasteiger partial charge in [0.1, 0.15) is 0 Å². The Morgan fingerprint density at radius 1 is 1.30 bits per heavy atom. The van der Waals surface area contributed by atoms with Gasteiger partial charge < -0.3 is 20.7 Å². The Labute approximate surface area is 191 Å². The number of hydrogen-bond donors (Lipinski definition) is 4. The summed E-state index contributed by atoms with van der Waals surface area (Å²) in [5, 5.41) is 9.50. The summed E-state index contributed by atoms with van der Waals surface area (Å²) in [6.07, 6.45) is -3.03. The lowest BCUT2D eigenvalue weighted by Gasteiger charge is -2.20. The molecule has 0 aromatic heterocycles. The van der Waals surface area contributed by atoms with Crippen molar-refractivity contribution in [1.29, 1.82) is 0 Å². The van der Waals surface area contributed by atoms with Crippen molar-refractivity contribution in [3.05, 3.63) is 28.8 Å². The minimum Gasteiger partial charge on any atom is -0.439 e. The van der Waals surface area contributed by atoms with Crippen LogP contribution in [0.3, 0.4) is 0 Å². The molecule has 2 fully saturated rings. The van der Waals surface area contributed by atoms with E-state index < -0.39 is 54.1 Å². The highest BCUT2D eigenvalue weighted by atomic mass is 35.5. The number of anilines is 1. The number of carbonyl (C=O) groups is 5. The van der Waals surface area contributed by atoms with Crippen LogP contribution in [0, 0.1) is 5.92 Å². The van der Waals surface area contributed by atoms with Crippen LogP contribution in [0.4, 0.5) is 19.3 Å². The van der Waals surface area contributed by atoms with E-state index in [1.54, 1.807) is 0 Å². The Balaban J connectivity index is 1.77. The molecule has 1 aromatic rings. The second kappa shape index (κ2) is 9.69. The smallest absolute Gasteiger partial charge is 0.412 e. The maximum Gasteiger partial charge on any atom is 0.412 e. The van der Waals surface area contributed by atoms with Crippen LogP contribution in [-0.4, -0.2) is 61.3 Å². The summed E-state index contributed by atoms with van der Waals surface area (Å²) >= 11 is 5.95. The first-order chi connectivity index (χ1) is 15.5. The van der Waals surface area contributed by atoms with Crippen molar-refractivity contribution in [2.24, 2.45) is 5.92 Å². The SMILES string of the molecule is CNC(=O)C(=O)C(CC1CCNC1=O)NC(=O)c1cc(Cl)ccc1NC(=O)OC1CC1(F)F. The molecule has 4 N–H and O–H groups in total. The molecule has 3 unspecified atom stereocenters. The van der Waals surface area contributed by atoms with Gasteiger partial charge in [0.15, 0.2) is 6.10 Å². The summed E-state index contributed by atoms with van der Waals surface area (Å²) in [5.41, 5.74) is -0.316. The normalized spacial score (nSPS) is 21.4. The van der Waals surface area contributed by atoms with Gasteiger partial charge in [0.05, 0.1) is 23.7 Å². The average molecular weight is 487 g/mol. The number of carbonyl (C=O) groups excluding carboxylic acids is 5. The van der Waals surface area contributed by atoms with Gasteiger partial charge in [-0.2, -0.15) is 0 Å². The molecule has 1 aliphatic carbocycles. The first-order valence-corrected chi connectivity index (χ1v) is 10.4. The molecular formula is C20H21ClF2N4O6. The van der Waals surface area contributed by atoms with E-state index in [4.69, 9.17) is 11.6 Å². The van der Waals surface area contributed by atoms with E-state index in [-0.39, 0.29) is 28.6 Å². The summed E-state index contributed by atoms with van der Waals surface area (Å²) < 4.78 is 30.6. The van der Waals surface area contributed by atoms with Gasteiger partial charge in [-0.25, -0.2) is 13.6 Å².